The summed E-state index contributed by atoms with van der Waals surface area (Å²) >= 11 is 0. The topological polar surface area (TPSA) is 12.5 Å². The molecule has 0 aromatic rings. The first kappa shape index (κ1) is 9.47. The number of hydrogen-bond acceptors (Lipinski definition) is 2. The van der Waals surface area contributed by atoms with E-state index in [1.807, 2.05) is 0 Å². The van der Waals surface area contributed by atoms with E-state index in [1.165, 1.54) is 25.8 Å². The van der Waals surface area contributed by atoms with Crippen LogP contribution in [0.1, 0.15) is 26.2 Å². The maximum Gasteiger partial charge on any atom is 0.0594 e. The van der Waals surface area contributed by atoms with Crippen LogP contribution < -0.4 is 0 Å². The van der Waals surface area contributed by atoms with E-state index in [9.17, 15) is 0 Å². The Labute approximate surface area is 81.3 Å². The van der Waals surface area contributed by atoms with Gasteiger partial charge in [0.15, 0.2) is 0 Å². The maximum atomic E-state index is 5.33. The Kier molecular flexibility index (Phi) is 3.23. The molecule has 2 aliphatic rings. The zero-order valence-electron chi connectivity index (χ0n) is 8.67. The maximum absolute atomic E-state index is 5.33. The molecular weight excluding hydrogens is 162 g/mol. The molecule has 1 aliphatic heterocycles. The second kappa shape index (κ2) is 4.43. The van der Waals surface area contributed by atoms with Crippen molar-refractivity contribution in [3.8, 4) is 0 Å². The Morgan fingerprint density at radius 3 is 2.46 bits per heavy atom. The third-order valence-corrected chi connectivity index (χ3v) is 3.53. The molecule has 13 heavy (non-hydrogen) atoms. The molecule has 2 rings (SSSR count). The summed E-state index contributed by atoms with van der Waals surface area (Å²) in [5.74, 6) is 2.05. The van der Waals surface area contributed by atoms with Crippen molar-refractivity contribution in [2.45, 2.75) is 26.2 Å². The van der Waals surface area contributed by atoms with Crippen molar-refractivity contribution < 1.29 is 4.74 Å². The number of morpholine rings is 1. The predicted molar refractivity (Wildman–Crippen MR) is 53.8 cm³/mol. The van der Waals surface area contributed by atoms with Gasteiger partial charge in [0, 0.05) is 19.6 Å². The van der Waals surface area contributed by atoms with Crippen molar-refractivity contribution >= 4 is 0 Å². The molecule has 0 spiro atoms. The van der Waals surface area contributed by atoms with Gasteiger partial charge < -0.3 is 4.74 Å². The molecule has 0 atom stereocenters. The summed E-state index contributed by atoms with van der Waals surface area (Å²) < 4.78 is 5.33. The lowest BCUT2D eigenvalue weighted by Crippen LogP contribution is -2.42. The molecule has 0 aromatic heterocycles. The van der Waals surface area contributed by atoms with E-state index in [-0.39, 0.29) is 0 Å². The lowest BCUT2D eigenvalue weighted by Gasteiger charge is -2.39. The molecule has 2 heteroatoms. The van der Waals surface area contributed by atoms with Crippen molar-refractivity contribution in [3.63, 3.8) is 0 Å². The van der Waals surface area contributed by atoms with Crippen LogP contribution in [0.3, 0.4) is 0 Å². The highest BCUT2D eigenvalue weighted by atomic mass is 16.5. The summed E-state index contributed by atoms with van der Waals surface area (Å²) in [7, 11) is 0. The van der Waals surface area contributed by atoms with Gasteiger partial charge in [-0.15, -0.1) is 0 Å². The lowest BCUT2D eigenvalue weighted by molar-refractivity contribution is 0.0165. The van der Waals surface area contributed by atoms with Crippen molar-refractivity contribution in [2.24, 2.45) is 11.8 Å². The van der Waals surface area contributed by atoms with Crippen LogP contribution in [0, 0.1) is 11.8 Å². The van der Waals surface area contributed by atoms with E-state index in [0.717, 1.165) is 38.1 Å². The van der Waals surface area contributed by atoms with Crippen LogP contribution in [0.15, 0.2) is 0 Å². The Bertz CT molecular complexity index is 148. The molecule has 0 radical (unpaired) electrons. The Hall–Kier alpha value is -0.0800. The Morgan fingerprint density at radius 1 is 1.15 bits per heavy atom. The summed E-state index contributed by atoms with van der Waals surface area (Å²) in [4.78, 5) is 2.57. The smallest absolute Gasteiger partial charge is 0.0594 e. The SMILES string of the molecule is CCC1CC(CN2CCOCC2)C1. The molecule has 0 unspecified atom stereocenters. The Morgan fingerprint density at radius 2 is 1.85 bits per heavy atom. The summed E-state index contributed by atoms with van der Waals surface area (Å²) in [5.41, 5.74) is 0. The van der Waals surface area contributed by atoms with E-state index in [1.54, 1.807) is 0 Å². The first-order chi connectivity index (χ1) is 6.38. The molecule has 0 N–H and O–H groups in total. The van der Waals surface area contributed by atoms with Gasteiger partial charge in [0.25, 0.3) is 0 Å². The quantitative estimate of drug-likeness (QED) is 0.661. The van der Waals surface area contributed by atoms with Gasteiger partial charge in [0.05, 0.1) is 13.2 Å². The van der Waals surface area contributed by atoms with Gasteiger partial charge in [0.1, 0.15) is 0 Å². The minimum absolute atomic E-state index is 0.948. The largest absolute Gasteiger partial charge is 0.379 e. The van der Waals surface area contributed by atoms with E-state index in [0.29, 0.717) is 0 Å². The molecule has 2 fully saturated rings. The van der Waals surface area contributed by atoms with Crippen molar-refractivity contribution in [1.82, 2.24) is 4.90 Å². The summed E-state index contributed by atoms with van der Waals surface area (Å²) in [6, 6.07) is 0. The molecule has 76 valence electrons. The highest BCUT2D eigenvalue weighted by Crippen LogP contribution is 2.36. The van der Waals surface area contributed by atoms with Crippen LogP contribution in [0.25, 0.3) is 0 Å². The highest BCUT2D eigenvalue weighted by molar-refractivity contribution is 4.81. The van der Waals surface area contributed by atoms with E-state index in [4.69, 9.17) is 4.74 Å². The molecule has 2 nitrogen and oxygen atoms in total. The van der Waals surface area contributed by atoms with Gasteiger partial charge >= 0.3 is 0 Å². The van der Waals surface area contributed by atoms with Gasteiger partial charge in [-0.2, -0.15) is 0 Å². The molecule has 0 bridgehead atoms. The second-order valence-corrected chi connectivity index (χ2v) is 4.52. The van der Waals surface area contributed by atoms with Crippen LogP contribution in [0.4, 0.5) is 0 Å². The number of hydrogen-bond donors (Lipinski definition) is 0. The fourth-order valence-electron chi connectivity index (χ4n) is 2.51. The molecular formula is C11H21NO. The molecule has 1 saturated carbocycles. The normalized spacial score (nSPS) is 35.8. The zero-order valence-corrected chi connectivity index (χ0v) is 8.67. The molecule has 0 aromatic carbocycles. The molecule has 1 heterocycles. The first-order valence-electron chi connectivity index (χ1n) is 5.68. The lowest BCUT2D eigenvalue weighted by atomic mass is 9.73. The highest BCUT2D eigenvalue weighted by Gasteiger charge is 2.29. The van der Waals surface area contributed by atoms with Crippen LogP contribution in [0.5, 0.6) is 0 Å². The summed E-state index contributed by atoms with van der Waals surface area (Å²) in [5, 5.41) is 0. The molecule has 1 aliphatic carbocycles. The fourth-order valence-corrected chi connectivity index (χ4v) is 2.51. The van der Waals surface area contributed by atoms with Crippen molar-refractivity contribution in [2.75, 3.05) is 32.8 Å². The van der Waals surface area contributed by atoms with Crippen LogP contribution in [0.2, 0.25) is 0 Å². The average Bonchev–Trinajstić information content (AvgIpc) is 2.12. The van der Waals surface area contributed by atoms with Gasteiger partial charge in [-0.05, 0) is 24.7 Å². The van der Waals surface area contributed by atoms with E-state index >= 15 is 0 Å². The van der Waals surface area contributed by atoms with E-state index in [2.05, 4.69) is 11.8 Å². The summed E-state index contributed by atoms with van der Waals surface area (Å²) in [6.07, 6.45) is 4.35. The van der Waals surface area contributed by atoms with Gasteiger partial charge in [-0.25, -0.2) is 0 Å². The fraction of sp³-hybridized carbons (Fsp3) is 1.00. The predicted octanol–water partition coefficient (Wildman–Crippen LogP) is 1.75. The standard InChI is InChI=1S/C11H21NO/c1-2-10-7-11(8-10)9-12-3-5-13-6-4-12/h10-11H,2-9H2,1H3. The minimum Gasteiger partial charge on any atom is -0.379 e. The van der Waals surface area contributed by atoms with Gasteiger partial charge in [0.2, 0.25) is 0 Å². The van der Waals surface area contributed by atoms with Gasteiger partial charge in [-0.3, -0.25) is 4.90 Å². The average molecular weight is 183 g/mol. The molecule has 0 amide bonds. The van der Waals surface area contributed by atoms with Crippen LogP contribution in [-0.2, 0) is 4.74 Å². The molecule has 1 saturated heterocycles. The van der Waals surface area contributed by atoms with Crippen LogP contribution in [-0.4, -0.2) is 37.7 Å². The number of ether oxygens (including phenoxy) is 1. The third-order valence-electron chi connectivity index (χ3n) is 3.53. The van der Waals surface area contributed by atoms with Crippen LogP contribution >= 0.6 is 0 Å². The van der Waals surface area contributed by atoms with Crippen molar-refractivity contribution in [3.05, 3.63) is 0 Å². The number of rotatable bonds is 3. The Balaban J connectivity index is 1.62. The second-order valence-electron chi connectivity index (χ2n) is 4.52. The van der Waals surface area contributed by atoms with Gasteiger partial charge in [-0.1, -0.05) is 13.3 Å². The van der Waals surface area contributed by atoms with Crippen molar-refractivity contribution in [1.29, 1.82) is 0 Å². The third kappa shape index (κ3) is 2.44. The minimum atomic E-state index is 0.948. The van der Waals surface area contributed by atoms with E-state index < -0.39 is 0 Å². The summed E-state index contributed by atoms with van der Waals surface area (Å²) in [6.45, 7) is 7.86. The first-order valence-corrected chi connectivity index (χ1v) is 5.68. The zero-order chi connectivity index (χ0) is 9.10. The number of nitrogens with zero attached hydrogens (tertiary/aromatic N) is 1. The monoisotopic (exact) mass is 183 g/mol.